The Morgan fingerprint density at radius 2 is 1.75 bits per heavy atom. The van der Waals surface area contributed by atoms with Crippen molar-refractivity contribution < 1.29 is 23.9 Å². The van der Waals surface area contributed by atoms with Crippen LogP contribution in [0.1, 0.15) is 37.6 Å². The predicted octanol–water partition coefficient (Wildman–Crippen LogP) is 3.73. The van der Waals surface area contributed by atoms with Crippen LogP contribution < -0.4 is 10.1 Å². The van der Waals surface area contributed by atoms with Crippen LogP contribution >= 0.6 is 11.8 Å². The first-order valence-corrected chi connectivity index (χ1v) is 11.4. The van der Waals surface area contributed by atoms with Gasteiger partial charge in [0.15, 0.2) is 0 Å². The van der Waals surface area contributed by atoms with E-state index in [2.05, 4.69) is 10.3 Å². The number of hydrogen-bond donors (Lipinski definition) is 1. The average molecular weight is 457 g/mol. The summed E-state index contributed by atoms with van der Waals surface area (Å²) in [5.74, 6) is 0.306. The van der Waals surface area contributed by atoms with Gasteiger partial charge in [0.2, 0.25) is 5.91 Å². The van der Waals surface area contributed by atoms with E-state index in [1.54, 1.807) is 6.20 Å². The summed E-state index contributed by atoms with van der Waals surface area (Å²) in [6, 6.07) is 11.5. The van der Waals surface area contributed by atoms with Crippen LogP contribution in [-0.4, -0.2) is 40.6 Å². The third kappa shape index (κ3) is 7.09. The first-order chi connectivity index (χ1) is 15.2. The molecule has 0 radical (unpaired) electrons. The van der Waals surface area contributed by atoms with E-state index < -0.39 is 5.41 Å². The molecule has 0 aliphatic carbocycles. The molecule has 0 bridgehead atoms. The number of thioether (sulfide) groups is 1. The molecule has 8 heteroatoms. The summed E-state index contributed by atoms with van der Waals surface area (Å²) in [4.78, 5) is 39.2. The fourth-order valence-electron chi connectivity index (χ4n) is 2.97. The molecule has 7 nitrogen and oxygen atoms in total. The highest BCUT2D eigenvalue weighted by Gasteiger charge is 2.31. The number of pyridine rings is 1. The second-order valence-corrected chi connectivity index (χ2v) is 9.80. The monoisotopic (exact) mass is 456 g/mol. The standard InChI is InChI=1S/C24H28N2O5S/c1-24(2,3)22(28)31-12-10-17-4-7-18(25-15-17)11-13-30-19-8-5-16(6-9-19)14-20-21(27)26-23(29)32-20/h4-9,15,20H,10-14H2,1-3H3,(H,26,27,29). The Kier molecular flexibility index (Phi) is 7.90. The van der Waals surface area contributed by atoms with Crippen LogP contribution in [0.4, 0.5) is 4.79 Å². The molecule has 3 rings (SSSR count). The minimum atomic E-state index is -0.492. The van der Waals surface area contributed by atoms with Crippen molar-refractivity contribution in [1.29, 1.82) is 0 Å². The van der Waals surface area contributed by atoms with E-state index in [1.165, 1.54) is 0 Å². The second kappa shape index (κ2) is 10.6. The number of rotatable bonds is 9. The highest BCUT2D eigenvalue weighted by atomic mass is 32.2. The zero-order valence-corrected chi connectivity index (χ0v) is 19.4. The Hall–Kier alpha value is -2.87. The third-order valence-corrected chi connectivity index (χ3v) is 5.84. The van der Waals surface area contributed by atoms with E-state index in [0.29, 0.717) is 32.5 Å². The van der Waals surface area contributed by atoms with Gasteiger partial charge in [-0.3, -0.25) is 24.7 Å². The first-order valence-electron chi connectivity index (χ1n) is 10.5. The summed E-state index contributed by atoms with van der Waals surface area (Å²) >= 11 is 1.03. The van der Waals surface area contributed by atoms with Crippen molar-refractivity contribution in [3.8, 4) is 5.75 Å². The summed E-state index contributed by atoms with van der Waals surface area (Å²) in [6.45, 7) is 6.34. The molecular formula is C24H28N2O5S. The molecule has 2 aromatic rings. The number of carbonyl (C=O) groups is 3. The zero-order valence-electron chi connectivity index (χ0n) is 18.6. The van der Waals surface area contributed by atoms with E-state index in [1.807, 2.05) is 57.2 Å². The van der Waals surface area contributed by atoms with Crippen LogP contribution in [0, 0.1) is 5.41 Å². The first kappa shape index (κ1) is 23.8. The number of benzene rings is 1. The van der Waals surface area contributed by atoms with Crippen molar-refractivity contribution in [3.63, 3.8) is 0 Å². The molecular weight excluding hydrogens is 428 g/mol. The average Bonchev–Trinajstić information content (AvgIpc) is 3.06. The minimum absolute atomic E-state index is 0.203. The molecule has 2 amide bonds. The summed E-state index contributed by atoms with van der Waals surface area (Å²) in [5.41, 5.74) is 2.42. The van der Waals surface area contributed by atoms with E-state index in [-0.39, 0.29) is 22.4 Å². The molecule has 1 unspecified atom stereocenters. The lowest BCUT2D eigenvalue weighted by Gasteiger charge is -2.16. The fraction of sp³-hybridized carbons (Fsp3) is 0.417. The Labute approximate surface area is 192 Å². The number of carbonyl (C=O) groups excluding carboxylic acids is 3. The number of aromatic nitrogens is 1. The Balaban J connectivity index is 1.38. The Morgan fingerprint density at radius 3 is 2.34 bits per heavy atom. The van der Waals surface area contributed by atoms with Gasteiger partial charge in [0.05, 0.1) is 23.9 Å². The largest absolute Gasteiger partial charge is 0.493 e. The minimum Gasteiger partial charge on any atom is -0.493 e. The molecule has 1 saturated heterocycles. The molecule has 1 atom stereocenters. The summed E-state index contributed by atoms with van der Waals surface area (Å²) < 4.78 is 11.1. The molecule has 0 saturated carbocycles. The number of nitrogens with zero attached hydrogens (tertiary/aromatic N) is 1. The fourth-order valence-corrected chi connectivity index (χ4v) is 3.83. The lowest BCUT2D eigenvalue weighted by atomic mass is 9.97. The van der Waals surface area contributed by atoms with E-state index >= 15 is 0 Å². The van der Waals surface area contributed by atoms with Crippen LogP contribution in [0.2, 0.25) is 0 Å². The maximum Gasteiger partial charge on any atom is 0.311 e. The van der Waals surface area contributed by atoms with Crippen molar-refractivity contribution in [1.82, 2.24) is 10.3 Å². The van der Waals surface area contributed by atoms with Crippen molar-refractivity contribution in [2.24, 2.45) is 5.41 Å². The maximum absolute atomic E-state index is 11.8. The number of hydrogen-bond acceptors (Lipinski definition) is 7. The van der Waals surface area contributed by atoms with E-state index in [4.69, 9.17) is 9.47 Å². The van der Waals surface area contributed by atoms with E-state index in [9.17, 15) is 14.4 Å². The molecule has 1 aliphatic heterocycles. The molecule has 1 fully saturated rings. The summed E-state index contributed by atoms with van der Waals surface area (Å²) in [5, 5.41) is 1.65. The topological polar surface area (TPSA) is 94.6 Å². The van der Waals surface area contributed by atoms with Gasteiger partial charge >= 0.3 is 5.97 Å². The predicted molar refractivity (Wildman–Crippen MR) is 123 cm³/mol. The van der Waals surface area contributed by atoms with Crippen LogP contribution in [0.25, 0.3) is 0 Å². The molecule has 1 aromatic carbocycles. The van der Waals surface area contributed by atoms with Gasteiger partial charge in [-0.2, -0.15) is 0 Å². The SMILES string of the molecule is CC(C)(C)C(=O)OCCc1ccc(CCOc2ccc(CC3SC(=O)NC3=O)cc2)nc1. The molecule has 170 valence electrons. The molecule has 2 heterocycles. The quantitative estimate of drug-likeness (QED) is 0.575. The third-order valence-electron chi connectivity index (χ3n) is 4.86. The number of ether oxygens (including phenoxy) is 2. The lowest BCUT2D eigenvalue weighted by Crippen LogP contribution is -2.25. The van der Waals surface area contributed by atoms with Crippen LogP contribution in [0.3, 0.4) is 0 Å². The maximum atomic E-state index is 11.8. The van der Waals surface area contributed by atoms with Crippen molar-refractivity contribution >= 4 is 28.9 Å². The highest BCUT2D eigenvalue weighted by molar-refractivity contribution is 8.15. The van der Waals surface area contributed by atoms with Crippen molar-refractivity contribution in [2.75, 3.05) is 13.2 Å². The lowest BCUT2D eigenvalue weighted by molar-refractivity contribution is -0.152. The number of imide groups is 1. The number of esters is 1. The van der Waals surface area contributed by atoms with Gasteiger partial charge in [0.1, 0.15) is 5.75 Å². The Bertz CT molecular complexity index is 952. The summed E-state index contributed by atoms with van der Waals surface area (Å²) in [6.07, 6.45) is 3.61. The highest BCUT2D eigenvalue weighted by Crippen LogP contribution is 2.24. The van der Waals surface area contributed by atoms with Crippen LogP contribution in [-0.2, 0) is 33.6 Å². The Morgan fingerprint density at radius 1 is 1.03 bits per heavy atom. The molecule has 32 heavy (non-hydrogen) atoms. The number of nitrogens with one attached hydrogen (secondary N) is 1. The van der Waals surface area contributed by atoms with Gasteiger partial charge in [-0.15, -0.1) is 0 Å². The van der Waals surface area contributed by atoms with Gasteiger partial charge in [-0.25, -0.2) is 0 Å². The van der Waals surface area contributed by atoms with Crippen molar-refractivity contribution in [2.45, 2.75) is 45.3 Å². The van der Waals surface area contributed by atoms with Gasteiger partial charge in [0, 0.05) is 24.7 Å². The van der Waals surface area contributed by atoms with Gasteiger partial charge in [-0.1, -0.05) is 30.0 Å². The zero-order chi connectivity index (χ0) is 23.1. The normalized spacial score (nSPS) is 16.0. The molecule has 1 N–H and O–H groups in total. The van der Waals surface area contributed by atoms with Gasteiger partial charge in [0.25, 0.3) is 5.24 Å². The second-order valence-electron chi connectivity index (χ2n) is 8.62. The molecule has 1 aliphatic rings. The van der Waals surface area contributed by atoms with Crippen molar-refractivity contribution in [3.05, 3.63) is 59.4 Å². The van der Waals surface area contributed by atoms with Gasteiger partial charge < -0.3 is 9.47 Å². The molecule has 0 spiro atoms. The van der Waals surface area contributed by atoms with Gasteiger partial charge in [-0.05, 0) is 56.5 Å². The van der Waals surface area contributed by atoms with Crippen LogP contribution in [0.15, 0.2) is 42.6 Å². The number of amides is 2. The van der Waals surface area contributed by atoms with E-state index in [0.717, 1.165) is 34.3 Å². The smallest absolute Gasteiger partial charge is 0.311 e. The van der Waals surface area contributed by atoms with Crippen LogP contribution in [0.5, 0.6) is 5.75 Å². The summed E-state index contributed by atoms with van der Waals surface area (Å²) in [7, 11) is 0. The molecule has 1 aromatic heterocycles.